The number of carbonyl (C=O) groups excluding carboxylic acids is 1. The molecule has 2 aromatic carbocycles. The molecule has 0 heterocycles. The van der Waals surface area contributed by atoms with Gasteiger partial charge in [0.1, 0.15) is 4.75 Å². The predicted molar refractivity (Wildman–Crippen MR) is 114 cm³/mol. The Bertz CT molecular complexity index is 1030. The normalized spacial score (nSPS) is 14.5. The number of aromatic carboxylic acids is 1. The van der Waals surface area contributed by atoms with Crippen molar-refractivity contribution in [2.45, 2.75) is 24.1 Å². The first kappa shape index (κ1) is 21.2. The Morgan fingerprint density at radius 2 is 1.97 bits per heavy atom. The maximum Gasteiger partial charge on any atom is 0.335 e. The minimum absolute atomic E-state index is 0.129. The number of carboxylic acids is 1. The number of amidine groups is 1. The van der Waals surface area contributed by atoms with Gasteiger partial charge >= 0.3 is 5.97 Å². The number of carboxylic acid groups (broad SMARTS) is 1. The molecule has 0 radical (unpaired) electrons. The van der Waals surface area contributed by atoms with Gasteiger partial charge in [-0.2, -0.15) is 10.4 Å². The number of hydrazone groups is 1. The zero-order valence-corrected chi connectivity index (χ0v) is 16.7. The van der Waals surface area contributed by atoms with E-state index in [9.17, 15) is 9.59 Å². The van der Waals surface area contributed by atoms with Crippen molar-refractivity contribution >= 4 is 34.5 Å². The summed E-state index contributed by atoms with van der Waals surface area (Å²) in [6.07, 6.45) is 1.29. The number of nitrogens with zero attached hydrogens (tertiary/aromatic N) is 3. The number of nitriles is 1. The van der Waals surface area contributed by atoms with E-state index in [4.69, 9.17) is 22.1 Å². The highest BCUT2D eigenvalue weighted by atomic mass is 32.2. The average molecular weight is 424 g/mol. The number of amides is 1. The van der Waals surface area contributed by atoms with Gasteiger partial charge in [0, 0.05) is 6.54 Å². The Kier molecular flexibility index (Phi) is 6.25. The highest BCUT2D eigenvalue weighted by Crippen LogP contribution is 2.49. The standard InChI is InChI=1S/C20H20N6O3S/c21-11-13-2-1-3-14(10-13)12-24-18(29)20(8-9-20)30-19(25-22)26(23)16-6-4-15(5-7-16)17(27)28/h1-7,10H,8-9,12,22-23H2,(H,24,29)(H,27,28)/b25-19+. The lowest BCUT2D eigenvalue weighted by Crippen LogP contribution is -2.41. The summed E-state index contributed by atoms with van der Waals surface area (Å²) < 4.78 is -0.719. The molecule has 154 valence electrons. The molecular formula is C20H20N6O3S. The molecular weight excluding hydrogens is 404 g/mol. The lowest BCUT2D eigenvalue weighted by atomic mass is 10.1. The zero-order chi connectivity index (χ0) is 21.7. The third-order valence-corrected chi connectivity index (χ3v) is 6.09. The molecule has 6 N–H and O–H groups in total. The summed E-state index contributed by atoms with van der Waals surface area (Å²) in [6.45, 7) is 0.300. The fraction of sp³-hybridized carbons (Fsp3) is 0.200. The van der Waals surface area contributed by atoms with Crippen LogP contribution in [0.4, 0.5) is 5.69 Å². The summed E-state index contributed by atoms with van der Waals surface area (Å²) in [5.74, 6) is 10.4. The molecule has 1 saturated carbocycles. The van der Waals surface area contributed by atoms with E-state index in [1.807, 2.05) is 6.07 Å². The van der Waals surface area contributed by atoms with Crippen LogP contribution in [0.2, 0.25) is 0 Å². The molecule has 0 aromatic heterocycles. The molecule has 0 saturated heterocycles. The molecule has 0 spiro atoms. The second-order valence-corrected chi connectivity index (χ2v) is 8.08. The first-order valence-electron chi connectivity index (χ1n) is 9.01. The number of rotatable bonds is 6. The van der Waals surface area contributed by atoms with Crippen molar-refractivity contribution in [3.05, 3.63) is 65.2 Å². The fourth-order valence-electron chi connectivity index (χ4n) is 2.77. The lowest BCUT2D eigenvalue weighted by molar-refractivity contribution is -0.121. The Morgan fingerprint density at radius 3 is 2.53 bits per heavy atom. The summed E-state index contributed by atoms with van der Waals surface area (Å²) in [4.78, 5) is 23.8. The maximum atomic E-state index is 12.8. The number of nitrogens with two attached hydrogens (primary N) is 2. The second-order valence-electron chi connectivity index (χ2n) is 6.72. The minimum atomic E-state index is -1.04. The van der Waals surface area contributed by atoms with Crippen LogP contribution in [0.25, 0.3) is 0 Å². The first-order valence-corrected chi connectivity index (χ1v) is 9.82. The molecule has 30 heavy (non-hydrogen) atoms. The highest BCUT2D eigenvalue weighted by molar-refractivity contribution is 8.16. The van der Waals surface area contributed by atoms with Crippen molar-refractivity contribution in [1.82, 2.24) is 5.32 Å². The van der Waals surface area contributed by atoms with Gasteiger partial charge in [-0.05, 0) is 54.8 Å². The minimum Gasteiger partial charge on any atom is -0.478 e. The second kappa shape index (κ2) is 8.86. The molecule has 1 amide bonds. The van der Waals surface area contributed by atoms with Gasteiger partial charge in [-0.25, -0.2) is 10.6 Å². The summed E-state index contributed by atoms with van der Waals surface area (Å²) in [6, 6.07) is 15.0. The molecule has 1 fully saturated rings. The quantitative estimate of drug-likeness (QED) is 0.236. The van der Waals surface area contributed by atoms with Crippen LogP contribution in [0.3, 0.4) is 0 Å². The van der Waals surface area contributed by atoms with E-state index < -0.39 is 10.7 Å². The summed E-state index contributed by atoms with van der Waals surface area (Å²) in [7, 11) is 0. The zero-order valence-electron chi connectivity index (χ0n) is 15.9. The van der Waals surface area contributed by atoms with E-state index in [1.54, 1.807) is 18.2 Å². The summed E-state index contributed by atoms with van der Waals surface area (Å²) in [5.41, 5.74) is 1.98. The molecule has 9 nitrogen and oxygen atoms in total. The van der Waals surface area contributed by atoms with E-state index in [0.29, 0.717) is 30.6 Å². The Labute approximate surface area is 177 Å². The van der Waals surface area contributed by atoms with Crippen molar-refractivity contribution < 1.29 is 14.7 Å². The van der Waals surface area contributed by atoms with Crippen LogP contribution >= 0.6 is 11.8 Å². The van der Waals surface area contributed by atoms with Crippen molar-refractivity contribution in [1.29, 1.82) is 5.26 Å². The molecule has 3 rings (SSSR count). The van der Waals surface area contributed by atoms with Crippen LogP contribution in [-0.4, -0.2) is 26.9 Å². The number of nitrogens with one attached hydrogen (secondary N) is 1. The third kappa shape index (κ3) is 4.71. The SMILES string of the molecule is N#Cc1cccc(CNC(=O)C2(S/C(=N/N)N(N)c3ccc(C(=O)O)cc3)CC2)c1. The largest absolute Gasteiger partial charge is 0.478 e. The van der Waals surface area contributed by atoms with Gasteiger partial charge in [0.25, 0.3) is 0 Å². The summed E-state index contributed by atoms with van der Waals surface area (Å²) in [5, 5.41) is 26.0. The molecule has 10 heteroatoms. The van der Waals surface area contributed by atoms with Gasteiger partial charge in [-0.3, -0.25) is 9.80 Å². The van der Waals surface area contributed by atoms with Crippen LogP contribution < -0.4 is 22.0 Å². The van der Waals surface area contributed by atoms with E-state index in [0.717, 1.165) is 5.56 Å². The number of hydrazine groups is 1. The number of benzene rings is 2. The number of hydrogen-bond donors (Lipinski definition) is 4. The Hall–Kier alpha value is -3.55. The van der Waals surface area contributed by atoms with E-state index in [1.165, 1.54) is 41.0 Å². The third-order valence-electron chi connectivity index (χ3n) is 4.62. The van der Waals surface area contributed by atoms with Gasteiger partial charge in [0.15, 0.2) is 0 Å². The maximum absolute atomic E-state index is 12.8. The van der Waals surface area contributed by atoms with E-state index in [-0.39, 0.29) is 16.6 Å². The van der Waals surface area contributed by atoms with Crippen molar-refractivity contribution in [2.24, 2.45) is 16.8 Å². The fourth-order valence-corrected chi connectivity index (χ4v) is 3.85. The van der Waals surface area contributed by atoms with Crippen LogP contribution in [0.15, 0.2) is 53.6 Å². The van der Waals surface area contributed by atoms with Crippen LogP contribution in [-0.2, 0) is 11.3 Å². The molecule has 0 atom stereocenters. The number of anilines is 1. The van der Waals surface area contributed by atoms with E-state index in [2.05, 4.69) is 16.5 Å². The van der Waals surface area contributed by atoms with E-state index >= 15 is 0 Å². The highest BCUT2D eigenvalue weighted by Gasteiger charge is 2.52. The molecule has 1 aliphatic rings. The number of hydrogen-bond acceptors (Lipinski definition) is 7. The molecule has 0 bridgehead atoms. The van der Waals surface area contributed by atoms with Crippen molar-refractivity contribution in [2.75, 3.05) is 5.01 Å². The number of thioether (sulfide) groups is 1. The lowest BCUT2D eigenvalue weighted by Gasteiger charge is -2.23. The Morgan fingerprint density at radius 1 is 1.27 bits per heavy atom. The molecule has 2 aromatic rings. The van der Waals surface area contributed by atoms with Gasteiger partial charge < -0.3 is 16.3 Å². The van der Waals surface area contributed by atoms with Crippen molar-refractivity contribution in [3.63, 3.8) is 0 Å². The van der Waals surface area contributed by atoms with Gasteiger partial charge in [-0.1, -0.05) is 23.9 Å². The predicted octanol–water partition coefficient (Wildman–Crippen LogP) is 1.75. The van der Waals surface area contributed by atoms with Crippen LogP contribution in [0, 0.1) is 11.3 Å². The van der Waals surface area contributed by atoms with Crippen LogP contribution in [0.5, 0.6) is 0 Å². The average Bonchev–Trinajstić information content (AvgIpc) is 3.56. The Balaban J connectivity index is 1.64. The van der Waals surface area contributed by atoms with Gasteiger partial charge in [0.05, 0.1) is 22.9 Å². The summed E-state index contributed by atoms with van der Waals surface area (Å²) >= 11 is 1.17. The monoisotopic (exact) mass is 424 g/mol. The van der Waals surface area contributed by atoms with Crippen molar-refractivity contribution in [3.8, 4) is 6.07 Å². The number of carbonyl (C=O) groups is 2. The van der Waals surface area contributed by atoms with Gasteiger partial charge in [0.2, 0.25) is 11.1 Å². The smallest absolute Gasteiger partial charge is 0.335 e. The van der Waals surface area contributed by atoms with Gasteiger partial charge in [-0.15, -0.1) is 0 Å². The topological polar surface area (TPSA) is 158 Å². The molecule has 0 unspecified atom stereocenters. The molecule has 1 aliphatic carbocycles. The first-order chi connectivity index (χ1) is 14.4. The van der Waals surface area contributed by atoms with Crippen LogP contribution in [0.1, 0.15) is 34.3 Å². The molecule has 0 aliphatic heterocycles.